The zero-order chi connectivity index (χ0) is 40.7. The molecule has 0 aromatic rings. The van der Waals surface area contributed by atoms with Gasteiger partial charge >= 0.3 is 19.8 Å². The topological polar surface area (TPSA) is 108 Å². The van der Waals surface area contributed by atoms with Crippen LogP contribution in [0, 0.1) is 0 Å². The molecular formula is C45H81NO8P+. The standard InChI is InChI=1S/C45H80NO8P/c1-6-8-10-12-14-16-18-20-22-23-24-26-28-30-32-34-36-38-45(48)54-43(42-53-55(49,50)52-40-39-46(3,4)5)41-51-44(47)37-35-33-31-29-27-25-21-19-17-15-13-11-9-7-2/h8,10,14,16,19-22,24,26,43H,6-7,9,11-13,15,17-18,23,25,27-42H2,1-5H3/p+1/b10-8-,16-14-,21-19-,22-20-,26-24-. The summed E-state index contributed by atoms with van der Waals surface area (Å²) < 4.78 is 34.2. The van der Waals surface area contributed by atoms with Crippen LogP contribution in [0.2, 0.25) is 0 Å². The van der Waals surface area contributed by atoms with Crippen molar-refractivity contribution in [2.75, 3.05) is 47.5 Å². The number of carbonyl (C=O) groups excluding carboxylic acids is 2. The number of likely N-dealkylation sites (N-methyl/N-ethyl adjacent to an activating group) is 1. The number of esters is 2. The second-order valence-corrected chi connectivity index (χ2v) is 16.8. The van der Waals surface area contributed by atoms with E-state index in [-0.39, 0.29) is 32.0 Å². The summed E-state index contributed by atoms with van der Waals surface area (Å²) in [5.41, 5.74) is 0. The normalized spacial score (nSPS) is 14.2. The molecule has 0 rings (SSSR count). The van der Waals surface area contributed by atoms with E-state index in [9.17, 15) is 19.0 Å². The molecule has 318 valence electrons. The molecule has 0 aromatic carbocycles. The van der Waals surface area contributed by atoms with E-state index in [0.29, 0.717) is 17.4 Å². The van der Waals surface area contributed by atoms with Gasteiger partial charge < -0.3 is 18.9 Å². The van der Waals surface area contributed by atoms with Gasteiger partial charge in [0.2, 0.25) is 0 Å². The monoisotopic (exact) mass is 795 g/mol. The number of phosphoric acid groups is 1. The number of rotatable bonds is 38. The lowest BCUT2D eigenvalue weighted by molar-refractivity contribution is -0.870. The summed E-state index contributed by atoms with van der Waals surface area (Å²) in [6.45, 7) is 4.24. The van der Waals surface area contributed by atoms with Crippen molar-refractivity contribution in [3.63, 3.8) is 0 Å². The minimum absolute atomic E-state index is 0.0227. The first-order valence-corrected chi connectivity index (χ1v) is 23.0. The molecule has 2 atom stereocenters. The molecule has 0 aliphatic heterocycles. The van der Waals surface area contributed by atoms with Crippen LogP contribution in [-0.2, 0) is 32.7 Å². The maximum atomic E-state index is 12.7. The predicted octanol–water partition coefficient (Wildman–Crippen LogP) is 12.1. The van der Waals surface area contributed by atoms with Gasteiger partial charge in [-0.2, -0.15) is 0 Å². The van der Waals surface area contributed by atoms with Crippen LogP contribution in [0.3, 0.4) is 0 Å². The molecule has 0 radical (unpaired) electrons. The lowest BCUT2D eigenvalue weighted by Gasteiger charge is -2.24. The number of hydrogen-bond donors (Lipinski definition) is 1. The fourth-order valence-electron chi connectivity index (χ4n) is 5.41. The quantitative estimate of drug-likeness (QED) is 0.0216. The Morgan fingerprint density at radius 3 is 1.56 bits per heavy atom. The van der Waals surface area contributed by atoms with Gasteiger partial charge in [-0.15, -0.1) is 0 Å². The Bertz CT molecular complexity index is 1120. The van der Waals surface area contributed by atoms with Crippen molar-refractivity contribution >= 4 is 19.8 Å². The van der Waals surface area contributed by atoms with Crippen molar-refractivity contribution in [2.24, 2.45) is 0 Å². The molecule has 0 aliphatic rings. The fourth-order valence-corrected chi connectivity index (χ4v) is 6.15. The number of unbranched alkanes of at least 4 members (excludes halogenated alkanes) is 14. The van der Waals surface area contributed by atoms with E-state index in [2.05, 4.69) is 74.6 Å². The van der Waals surface area contributed by atoms with Crippen molar-refractivity contribution in [3.8, 4) is 0 Å². The number of hydrogen-bond acceptors (Lipinski definition) is 7. The SMILES string of the molecule is CC/C=C\C/C=C\C/C=C\C/C=C\CCCCCCC(=O)OC(COC(=O)CCCCCCC/C=C\CCCCCCC)COP(=O)(O)OCC[N+](C)(C)C. The number of nitrogens with zero attached hydrogens (tertiary/aromatic N) is 1. The summed E-state index contributed by atoms with van der Waals surface area (Å²) in [6.07, 6.45) is 44.1. The Morgan fingerprint density at radius 1 is 0.582 bits per heavy atom. The van der Waals surface area contributed by atoms with E-state index >= 15 is 0 Å². The summed E-state index contributed by atoms with van der Waals surface area (Å²) in [6, 6.07) is 0. The van der Waals surface area contributed by atoms with Crippen molar-refractivity contribution in [3.05, 3.63) is 60.8 Å². The highest BCUT2D eigenvalue weighted by Gasteiger charge is 2.27. The van der Waals surface area contributed by atoms with Gasteiger partial charge in [-0.3, -0.25) is 18.6 Å². The third-order valence-corrected chi connectivity index (χ3v) is 9.77. The second-order valence-electron chi connectivity index (χ2n) is 15.3. The smallest absolute Gasteiger partial charge is 0.462 e. The zero-order valence-electron chi connectivity index (χ0n) is 35.6. The molecule has 0 aromatic heterocycles. The fraction of sp³-hybridized carbons (Fsp3) is 0.733. The first-order valence-electron chi connectivity index (χ1n) is 21.5. The molecule has 55 heavy (non-hydrogen) atoms. The van der Waals surface area contributed by atoms with E-state index in [1.807, 2.05) is 21.1 Å². The summed E-state index contributed by atoms with van der Waals surface area (Å²) in [5, 5.41) is 0. The lowest BCUT2D eigenvalue weighted by Crippen LogP contribution is -2.37. The zero-order valence-corrected chi connectivity index (χ0v) is 36.5. The van der Waals surface area contributed by atoms with Crippen LogP contribution in [0.25, 0.3) is 0 Å². The Hall–Kier alpha value is -2.29. The minimum atomic E-state index is -4.38. The molecule has 0 fully saturated rings. The molecule has 9 nitrogen and oxygen atoms in total. The highest BCUT2D eigenvalue weighted by Crippen LogP contribution is 2.43. The number of allylic oxidation sites excluding steroid dienone is 10. The van der Waals surface area contributed by atoms with Crippen molar-refractivity contribution in [2.45, 2.75) is 168 Å². The van der Waals surface area contributed by atoms with Crippen LogP contribution >= 0.6 is 7.82 Å². The molecule has 0 saturated heterocycles. The Balaban J connectivity index is 4.45. The van der Waals surface area contributed by atoms with E-state index < -0.39 is 26.5 Å². The molecule has 0 bridgehead atoms. The van der Waals surface area contributed by atoms with Gasteiger partial charge in [0, 0.05) is 12.8 Å². The van der Waals surface area contributed by atoms with E-state index in [4.69, 9.17) is 18.5 Å². The van der Waals surface area contributed by atoms with Crippen LogP contribution in [0.15, 0.2) is 60.8 Å². The van der Waals surface area contributed by atoms with Crippen LogP contribution in [-0.4, -0.2) is 74.9 Å². The van der Waals surface area contributed by atoms with E-state index in [1.54, 1.807) is 0 Å². The number of ether oxygens (including phenoxy) is 2. The minimum Gasteiger partial charge on any atom is -0.462 e. The summed E-state index contributed by atoms with van der Waals surface area (Å²) in [4.78, 5) is 35.3. The highest BCUT2D eigenvalue weighted by molar-refractivity contribution is 7.47. The Morgan fingerprint density at radius 2 is 1.04 bits per heavy atom. The predicted molar refractivity (Wildman–Crippen MR) is 229 cm³/mol. The molecule has 0 saturated carbocycles. The van der Waals surface area contributed by atoms with E-state index in [0.717, 1.165) is 89.9 Å². The molecule has 10 heteroatoms. The van der Waals surface area contributed by atoms with Crippen molar-refractivity contribution in [1.82, 2.24) is 0 Å². The maximum absolute atomic E-state index is 12.7. The molecule has 0 heterocycles. The average molecular weight is 795 g/mol. The maximum Gasteiger partial charge on any atom is 0.472 e. The molecule has 0 aliphatic carbocycles. The highest BCUT2D eigenvalue weighted by atomic mass is 31.2. The van der Waals surface area contributed by atoms with Gasteiger partial charge in [0.05, 0.1) is 27.7 Å². The number of carbonyl (C=O) groups is 2. The first kappa shape index (κ1) is 52.7. The average Bonchev–Trinajstić information content (AvgIpc) is 3.13. The number of phosphoric ester groups is 1. The first-order chi connectivity index (χ1) is 26.5. The number of quaternary nitrogens is 1. The third-order valence-electron chi connectivity index (χ3n) is 8.78. The van der Waals surface area contributed by atoms with Crippen LogP contribution in [0.5, 0.6) is 0 Å². The largest absolute Gasteiger partial charge is 0.472 e. The van der Waals surface area contributed by atoms with Crippen LogP contribution < -0.4 is 0 Å². The van der Waals surface area contributed by atoms with Crippen molar-refractivity contribution in [1.29, 1.82) is 0 Å². The molecular weight excluding hydrogens is 713 g/mol. The summed E-state index contributed by atoms with van der Waals surface area (Å²) in [5.74, 6) is -0.841. The van der Waals surface area contributed by atoms with Gasteiger partial charge in [0.25, 0.3) is 0 Å². The second kappa shape index (κ2) is 37.3. The van der Waals surface area contributed by atoms with Gasteiger partial charge in [-0.05, 0) is 77.0 Å². The van der Waals surface area contributed by atoms with Gasteiger partial charge in [-0.1, -0.05) is 132 Å². The van der Waals surface area contributed by atoms with E-state index in [1.165, 1.54) is 38.5 Å². The lowest BCUT2D eigenvalue weighted by atomic mass is 10.1. The van der Waals surface area contributed by atoms with Crippen molar-refractivity contribution < 1.29 is 42.1 Å². The molecule has 1 N–H and O–H groups in total. The molecule has 0 amide bonds. The van der Waals surface area contributed by atoms with Crippen LogP contribution in [0.1, 0.15) is 162 Å². The molecule has 0 spiro atoms. The Labute approximate surface area is 336 Å². The summed E-state index contributed by atoms with van der Waals surface area (Å²) in [7, 11) is 1.44. The third kappa shape index (κ3) is 41.2. The van der Waals surface area contributed by atoms with Gasteiger partial charge in [0.1, 0.15) is 19.8 Å². The van der Waals surface area contributed by atoms with Crippen LogP contribution in [0.4, 0.5) is 0 Å². The summed E-state index contributed by atoms with van der Waals surface area (Å²) >= 11 is 0. The molecule has 2 unspecified atom stereocenters. The van der Waals surface area contributed by atoms with Gasteiger partial charge in [-0.25, -0.2) is 4.57 Å². The van der Waals surface area contributed by atoms with Gasteiger partial charge in [0.15, 0.2) is 6.10 Å². The Kier molecular flexibility index (Phi) is 35.7.